The Morgan fingerprint density at radius 2 is 1.63 bits per heavy atom. The van der Waals surface area contributed by atoms with Gasteiger partial charge in [0.1, 0.15) is 5.75 Å². The molecule has 0 aliphatic heterocycles. The zero-order chi connectivity index (χ0) is 14.6. The van der Waals surface area contributed by atoms with Crippen molar-refractivity contribution in [3.8, 4) is 5.75 Å². The molecule has 0 fully saturated rings. The Labute approximate surface area is 114 Å². The predicted octanol–water partition coefficient (Wildman–Crippen LogP) is 3.16. The zero-order valence-corrected chi connectivity index (χ0v) is 12.6. The fraction of sp³-hybridized carbons (Fsp3) is 0.286. The molecule has 0 spiro atoms. The number of hydrogen-bond acceptors (Lipinski definition) is 4. The molecule has 5 heteroatoms. The van der Waals surface area contributed by atoms with Gasteiger partial charge in [0.15, 0.2) is 0 Å². The van der Waals surface area contributed by atoms with Crippen LogP contribution in [-0.2, 0) is 9.22 Å². The maximum absolute atomic E-state index is 11.8. The van der Waals surface area contributed by atoms with E-state index in [0.29, 0.717) is 16.9 Å². The van der Waals surface area contributed by atoms with Gasteiger partial charge in [-0.1, -0.05) is 6.58 Å². The predicted molar refractivity (Wildman–Crippen MR) is 75.7 cm³/mol. The molecule has 1 aromatic carbocycles. The van der Waals surface area contributed by atoms with Crippen molar-refractivity contribution in [2.75, 3.05) is 0 Å². The first-order valence-corrected chi connectivity index (χ1v) is 9.31. The second-order valence-corrected chi connectivity index (χ2v) is 9.62. The van der Waals surface area contributed by atoms with E-state index in [9.17, 15) is 9.59 Å². The van der Waals surface area contributed by atoms with Gasteiger partial charge in [-0.3, -0.25) is 0 Å². The van der Waals surface area contributed by atoms with Crippen molar-refractivity contribution < 1.29 is 18.8 Å². The fourth-order valence-corrected chi connectivity index (χ4v) is 1.86. The minimum Gasteiger partial charge on any atom is -0.516 e. The van der Waals surface area contributed by atoms with Gasteiger partial charge >= 0.3 is 11.9 Å². The van der Waals surface area contributed by atoms with Gasteiger partial charge in [-0.05, 0) is 50.8 Å². The van der Waals surface area contributed by atoms with Crippen LogP contribution in [0.2, 0.25) is 19.6 Å². The summed E-state index contributed by atoms with van der Waals surface area (Å²) in [5, 5.41) is 0. The molecular formula is C14H18O4Si. The van der Waals surface area contributed by atoms with Crippen molar-refractivity contribution in [1.82, 2.24) is 0 Å². The normalized spacial score (nSPS) is 10.7. The van der Waals surface area contributed by atoms with Crippen molar-refractivity contribution in [2.45, 2.75) is 26.6 Å². The lowest BCUT2D eigenvalue weighted by Gasteiger charge is -2.17. The molecule has 1 rings (SSSR count). The molecule has 4 nitrogen and oxygen atoms in total. The van der Waals surface area contributed by atoms with Gasteiger partial charge in [0.05, 0.1) is 5.56 Å². The van der Waals surface area contributed by atoms with Gasteiger partial charge in [-0.2, -0.15) is 0 Å². The van der Waals surface area contributed by atoms with E-state index in [1.807, 2.05) is 19.6 Å². The lowest BCUT2D eigenvalue weighted by Crippen LogP contribution is -2.29. The molecule has 0 saturated heterocycles. The Balaban J connectivity index is 2.74. The second-order valence-electron chi connectivity index (χ2n) is 5.20. The van der Waals surface area contributed by atoms with E-state index in [-0.39, 0.29) is 5.97 Å². The molecule has 19 heavy (non-hydrogen) atoms. The number of carbonyl (C=O) groups excluding carboxylic acids is 2. The zero-order valence-electron chi connectivity index (χ0n) is 11.6. The summed E-state index contributed by atoms with van der Waals surface area (Å²) < 4.78 is 10.4. The number of esters is 1. The number of rotatable bonds is 4. The summed E-state index contributed by atoms with van der Waals surface area (Å²) >= 11 is 0. The fourth-order valence-electron chi connectivity index (χ4n) is 1.19. The van der Waals surface area contributed by atoms with Crippen molar-refractivity contribution >= 4 is 20.3 Å². The van der Waals surface area contributed by atoms with Gasteiger partial charge in [-0.25, -0.2) is 9.59 Å². The summed E-state index contributed by atoms with van der Waals surface area (Å²) in [6, 6.07) is 6.26. The summed E-state index contributed by atoms with van der Waals surface area (Å²) in [5.74, 6) is -0.466. The first-order chi connectivity index (χ1) is 8.69. The molecule has 0 heterocycles. The molecule has 0 radical (unpaired) electrons. The number of hydrogen-bond donors (Lipinski definition) is 0. The quantitative estimate of drug-likeness (QED) is 0.367. The Hall–Kier alpha value is -1.88. The van der Waals surface area contributed by atoms with E-state index in [0.717, 1.165) is 0 Å². The average Bonchev–Trinajstić information content (AvgIpc) is 2.27. The Bertz CT molecular complexity index is 497. The molecule has 1 aromatic rings. The van der Waals surface area contributed by atoms with Gasteiger partial charge in [0, 0.05) is 5.57 Å². The first-order valence-electron chi connectivity index (χ1n) is 5.90. The molecule has 0 amide bonds. The van der Waals surface area contributed by atoms with Crippen LogP contribution in [0.25, 0.3) is 0 Å². The third-order valence-electron chi connectivity index (χ3n) is 2.05. The van der Waals surface area contributed by atoms with Gasteiger partial charge < -0.3 is 9.16 Å². The summed E-state index contributed by atoms with van der Waals surface area (Å²) in [6.07, 6.45) is 0. The maximum Gasteiger partial charge on any atom is 0.338 e. The van der Waals surface area contributed by atoms with E-state index in [1.165, 1.54) is 0 Å². The van der Waals surface area contributed by atoms with Crippen LogP contribution in [0.4, 0.5) is 0 Å². The summed E-state index contributed by atoms with van der Waals surface area (Å²) in [4.78, 5) is 23.1. The molecule has 0 atom stereocenters. The molecule has 0 unspecified atom stereocenters. The summed E-state index contributed by atoms with van der Waals surface area (Å²) in [7, 11) is -1.90. The van der Waals surface area contributed by atoms with E-state index in [4.69, 9.17) is 9.16 Å². The van der Waals surface area contributed by atoms with E-state index >= 15 is 0 Å². The van der Waals surface area contributed by atoms with Crippen LogP contribution in [0.1, 0.15) is 17.3 Å². The summed E-state index contributed by atoms with van der Waals surface area (Å²) in [5.41, 5.74) is 0.764. The SMILES string of the molecule is C=C(C)C(=O)Oc1ccc(C(=O)O[Si](C)(C)C)cc1. The third-order valence-corrected chi connectivity index (χ3v) is 2.85. The Kier molecular flexibility index (Phi) is 4.66. The molecule has 0 aromatic heterocycles. The smallest absolute Gasteiger partial charge is 0.338 e. The lowest BCUT2D eigenvalue weighted by molar-refractivity contribution is -0.130. The van der Waals surface area contributed by atoms with E-state index in [2.05, 4.69) is 6.58 Å². The van der Waals surface area contributed by atoms with Crippen LogP contribution >= 0.6 is 0 Å². The highest BCUT2D eigenvalue weighted by molar-refractivity contribution is 6.71. The molecule has 0 saturated carbocycles. The van der Waals surface area contributed by atoms with Crippen molar-refractivity contribution in [3.63, 3.8) is 0 Å². The third kappa shape index (κ3) is 5.09. The van der Waals surface area contributed by atoms with Gasteiger partial charge in [0.2, 0.25) is 8.32 Å². The number of carbonyl (C=O) groups is 2. The maximum atomic E-state index is 11.8. The topological polar surface area (TPSA) is 52.6 Å². The van der Waals surface area contributed by atoms with Crippen molar-refractivity contribution in [2.24, 2.45) is 0 Å². The van der Waals surface area contributed by atoms with Crippen LogP contribution in [0.3, 0.4) is 0 Å². The van der Waals surface area contributed by atoms with E-state index < -0.39 is 14.3 Å². The number of ether oxygens (including phenoxy) is 1. The first kappa shape index (κ1) is 15.2. The van der Waals surface area contributed by atoms with Gasteiger partial charge in [0.25, 0.3) is 0 Å². The lowest BCUT2D eigenvalue weighted by atomic mass is 10.2. The largest absolute Gasteiger partial charge is 0.516 e. The highest BCUT2D eigenvalue weighted by atomic mass is 28.4. The average molecular weight is 278 g/mol. The highest BCUT2D eigenvalue weighted by Gasteiger charge is 2.21. The number of benzene rings is 1. The minimum absolute atomic E-state index is 0.321. The van der Waals surface area contributed by atoms with E-state index in [1.54, 1.807) is 31.2 Å². The Morgan fingerprint density at radius 3 is 2.05 bits per heavy atom. The van der Waals surface area contributed by atoms with Crippen LogP contribution in [0.15, 0.2) is 36.4 Å². The van der Waals surface area contributed by atoms with Gasteiger partial charge in [-0.15, -0.1) is 0 Å². The monoisotopic (exact) mass is 278 g/mol. The molecule has 102 valence electrons. The van der Waals surface area contributed by atoms with Crippen LogP contribution in [0, 0.1) is 0 Å². The highest BCUT2D eigenvalue weighted by Crippen LogP contribution is 2.15. The minimum atomic E-state index is -1.90. The van der Waals surface area contributed by atoms with Crippen LogP contribution in [-0.4, -0.2) is 20.3 Å². The molecule has 0 N–H and O–H groups in total. The van der Waals surface area contributed by atoms with Crippen molar-refractivity contribution in [3.05, 3.63) is 42.0 Å². The standard InChI is InChI=1S/C14H18O4Si/c1-10(2)13(15)17-12-8-6-11(7-9-12)14(16)18-19(3,4)5/h6-9H,1H2,2-5H3. The van der Waals surface area contributed by atoms with Crippen LogP contribution < -0.4 is 4.74 Å². The van der Waals surface area contributed by atoms with Crippen molar-refractivity contribution in [1.29, 1.82) is 0 Å². The molecule has 0 bridgehead atoms. The Morgan fingerprint density at radius 1 is 1.11 bits per heavy atom. The van der Waals surface area contributed by atoms with Crippen LogP contribution in [0.5, 0.6) is 5.75 Å². The molecule has 0 aliphatic rings. The molecule has 0 aliphatic carbocycles. The molecular weight excluding hydrogens is 260 g/mol. The summed E-state index contributed by atoms with van der Waals surface area (Å²) in [6.45, 7) is 10.9. The second kappa shape index (κ2) is 5.84.